The molecule has 126 valence electrons. The molecule has 0 unspecified atom stereocenters. The Morgan fingerprint density at radius 1 is 1.17 bits per heavy atom. The van der Waals surface area contributed by atoms with Gasteiger partial charge in [-0.25, -0.2) is 13.4 Å². The van der Waals surface area contributed by atoms with E-state index in [1.807, 2.05) is 0 Å². The predicted molar refractivity (Wildman–Crippen MR) is 97.3 cm³/mol. The average molecular weight is 362 g/mol. The zero-order valence-corrected chi connectivity index (χ0v) is 14.9. The van der Waals surface area contributed by atoms with Crippen LogP contribution in [0.15, 0.2) is 52.9 Å². The molecule has 1 heterocycles. The molecule has 0 aliphatic rings. The lowest BCUT2D eigenvalue weighted by Gasteiger charge is -2.09. The molecule has 0 amide bonds. The van der Waals surface area contributed by atoms with Crippen LogP contribution in [0.1, 0.15) is 19.8 Å². The van der Waals surface area contributed by atoms with E-state index in [0.717, 1.165) is 23.1 Å². The van der Waals surface area contributed by atoms with Crippen molar-refractivity contribution in [2.75, 3.05) is 11.3 Å². The molecule has 0 atom stereocenters. The third-order valence-corrected chi connectivity index (χ3v) is 5.67. The number of sulfonamides is 1. The van der Waals surface area contributed by atoms with E-state index < -0.39 is 10.0 Å². The van der Waals surface area contributed by atoms with Crippen LogP contribution in [0.25, 0.3) is 10.2 Å². The summed E-state index contributed by atoms with van der Waals surface area (Å²) in [5.74, 6) is 0.675. The summed E-state index contributed by atoms with van der Waals surface area (Å²) in [6, 6.07) is 11.7. The van der Waals surface area contributed by atoms with Crippen LogP contribution < -0.4 is 9.46 Å². The molecule has 5 nitrogen and oxygen atoms in total. The van der Waals surface area contributed by atoms with Gasteiger partial charge in [-0.15, -0.1) is 11.3 Å². The Hall–Kier alpha value is -2.12. The standard InChI is InChI=1S/C17H18N2O3S2/c1-2-3-10-22-14-5-7-15(8-6-14)24(20,21)19-13-4-9-16-17(11-13)23-12-18-16/h4-9,11-12,19H,2-3,10H2,1H3. The van der Waals surface area contributed by atoms with Crippen LogP contribution in [0.3, 0.4) is 0 Å². The molecule has 3 aromatic rings. The van der Waals surface area contributed by atoms with Gasteiger partial charge in [-0.2, -0.15) is 0 Å². The fourth-order valence-corrected chi connectivity index (χ4v) is 3.95. The van der Waals surface area contributed by atoms with Gasteiger partial charge in [0.15, 0.2) is 0 Å². The number of thiazole rings is 1. The molecule has 1 N–H and O–H groups in total. The van der Waals surface area contributed by atoms with Gasteiger partial charge in [0.25, 0.3) is 10.0 Å². The van der Waals surface area contributed by atoms with Crippen LogP contribution in [0.4, 0.5) is 5.69 Å². The fourth-order valence-electron chi connectivity index (χ4n) is 2.18. The first-order valence-electron chi connectivity index (χ1n) is 7.67. The topological polar surface area (TPSA) is 68.3 Å². The molecule has 0 saturated carbocycles. The molecule has 0 bridgehead atoms. The Kier molecular flexibility index (Phi) is 5.01. The van der Waals surface area contributed by atoms with Crippen molar-refractivity contribution in [2.45, 2.75) is 24.7 Å². The minimum atomic E-state index is -3.63. The van der Waals surface area contributed by atoms with Crippen molar-refractivity contribution in [3.63, 3.8) is 0 Å². The van der Waals surface area contributed by atoms with Crippen LogP contribution in [-0.2, 0) is 10.0 Å². The monoisotopic (exact) mass is 362 g/mol. The number of rotatable bonds is 7. The molecule has 2 aromatic carbocycles. The van der Waals surface area contributed by atoms with Crippen molar-refractivity contribution < 1.29 is 13.2 Å². The molecule has 0 aliphatic heterocycles. The maximum Gasteiger partial charge on any atom is 0.261 e. The van der Waals surface area contributed by atoms with Crippen LogP contribution in [0.5, 0.6) is 5.75 Å². The molecular formula is C17H18N2O3S2. The van der Waals surface area contributed by atoms with Crippen molar-refractivity contribution >= 4 is 37.3 Å². The third-order valence-electron chi connectivity index (χ3n) is 3.48. The molecule has 3 rings (SSSR count). The van der Waals surface area contributed by atoms with Gasteiger partial charge in [0.2, 0.25) is 0 Å². The summed E-state index contributed by atoms with van der Waals surface area (Å²) in [7, 11) is -3.63. The molecule has 0 aliphatic carbocycles. The van der Waals surface area contributed by atoms with Crippen molar-refractivity contribution in [3.8, 4) is 5.75 Å². The Morgan fingerprint density at radius 3 is 2.71 bits per heavy atom. The summed E-state index contributed by atoms with van der Waals surface area (Å²) in [6.45, 7) is 2.73. The minimum absolute atomic E-state index is 0.203. The van der Waals surface area contributed by atoms with Crippen LogP contribution in [-0.4, -0.2) is 20.0 Å². The number of hydrogen-bond donors (Lipinski definition) is 1. The number of nitrogens with zero attached hydrogens (tertiary/aromatic N) is 1. The van der Waals surface area contributed by atoms with E-state index in [9.17, 15) is 8.42 Å². The van der Waals surface area contributed by atoms with Gasteiger partial charge in [0, 0.05) is 0 Å². The maximum absolute atomic E-state index is 12.5. The quantitative estimate of drug-likeness (QED) is 0.637. The lowest BCUT2D eigenvalue weighted by Crippen LogP contribution is -2.12. The highest BCUT2D eigenvalue weighted by Crippen LogP contribution is 2.24. The summed E-state index contributed by atoms with van der Waals surface area (Å²) < 4.78 is 34.1. The lowest BCUT2D eigenvalue weighted by molar-refractivity contribution is 0.309. The van der Waals surface area contributed by atoms with Gasteiger partial charge in [-0.05, 0) is 48.9 Å². The van der Waals surface area contributed by atoms with E-state index in [-0.39, 0.29) is 4.90 Å². The second-order valence-corrected chi connectivity index (χ2v) is 7.88. The van der Waals surface area contributed by atoms with E-state index in [2.05, 4.69) is 16.6 Å². The number of nitrogens with one attached hydrogen (secondary N) is 1. The number of hydrogen-bond acceptors (Lipinski definition) is 5. The summed E-state index contributed by atoms with van der Waals surface area (Å²) in [4.78, 5) is 4.39. The van der Waals surface area contributed by atoms with Crippen LogP contribution in [0.2, 0.25) is 0 Å². The smallest absolute Gasteiger partial charge is 0.261 e. The molecule has 0 radical (unpaired) electrons. The van der Waals surface area contributed by atoms with Gasteiger partial charge in [-0.3, -0.25) is 4.72 Å². The normalized spacial score (nSPS) is 11.5. The summed E-state index contributed by atoms with van der Waals surface area (Å²) in [6.07, 6.45) is 2.03. The number of aromatic nitrogens is 1. The van der Waals surface area contributed by atoms with Crippen molar-refractivity contribution in [1.82, 2.24) is 4.98 Å². The van der Waals surface area contributed by atoms with Gasteiger partial charge < -0.3 is 4.74 Å². The molecule has 24 heavy (non-hydrogen) atoms. The van der Waals surface area contributed by atoms with Gasteiger partial charge >= 0.3 is 0 Å². The number of ether oxygens (including phenoxy) is 1. The number of anilines is 1. The lowest BCUT2D eigenvalue weighted by atomic mass is 10.3. The highest BCUT2D eigenvalue weighted by Gasteiger charge is 2.14. The van der Waals surface area contributed by atoms with E-state index >= 15 is 0 Å². The molecule has 7 heteroatoms. The Balaban J connectivity index is 1.74. The van der Waals surface area contributed by atoms with E-state index in [1.165, 1.54) is 11.3 Å². The van der Waals surface area contributed by atoms with Gasteiger partial charge in [0.05, 0.1) is 32.9 Å². The molecular weight excluding hydrogens is 344 g/mol. The van der Waals surface area contributed by atoms with Gasteiger partial charge in [0.1, 0.15) is 5.75 Å². The largest absolute Gasteiger partial charge is 0.494 e. The first kappa shape index (κ1) is 16.7. The summed E-state index contributed by atoms with van der Waals surface area (Å²) >= 11 is 1.47. The molecule has 0 fully saturated rings. The number of fused-ring (bicyclic) bond motifs is 1. The molecule has 0 saturated heterocycles. The van der Waals surface area contributed by atoms with Crippen LogP contribution >= 0.6 is 11.3 Å². The average Bonchev–Trinajstić information content (AvgIpc) is 3.03. The number of unbranched alkanes of at least 4 members (excludes halogenated alkanes) is 1. The SMILES string of the molecule is CCCCOc1ccc(S(=O)(=O)Nc2ccc3ncsc3c2)cc1. The summed E-state index contributed by atoms with van der Waals surface area (Å²) in [5, 5.41) is 0. The van der Waals surface area contributed by atoms with E-state index in [1.54, 1.807) is 48.0 Å². The second kappa shape index (κ2) is 7.19. The van der Waals surface area contributed by atoms with E-state index in [0.29, 0.717) is 18.0 Å². The first-order chi connectivity index (χ1) is 11.6. The number of benzene rings is 2. The zero-order chi connectivity index (χ0) is 17.0. The minimum Gasteiger partial charge on any atom is -0.494 e. The Morgan fingerprint density at radius 2 is 1.96 bits per heavy atom. The molecule has 1 aromatic heterocycles. The summed E-state index contributed by atoms with van der Waals surface area (Å²) in [5.41, 5.74) is 3.12. The third kappa shape index (κ3) is 3.85. The van der Waals surface area contributed by atoms with E-state index in [4.69, 9.17) is 4.74 Å². The molecule has 0 spiro atoms. The van der Waals surface area contributed by atoms with Gasteiger partial charge in [-0.1, -0.05) is 13.3 Å². The van der Waals surface area contributed by atoms with Crippen LogP contribution in [0, 0.1) is 0 Å². The first-order valence-corrected chi connectivity index (χ1v) is 10.0. The van der Waals surface area contributed by atoms with Crippen molar-refractivity contribution in [1.29, 1.82) is 0 Å². The predicted octanol–water partition coefficient (Wildman–Crippen LogP) is 4.28. The highest BCUT2D eigenvalue weighted by molar-refractivity contribution is 7.92. The zero-order valence-electron chi connectivity index (χ0n) is 13.2. The fraction of sp³-hybridized carbons (Fsp3) is 0.235. The maximum atomic E-state index is 12.5. The second-order valence-electron chi connectivity index (χ2n) is 5.31. The van der Waals surface area contributed by atoms with Crippen molar-refractivity contribution in [3.05, 3.63) is 48.0 Å². The van der Waals surface area contributed by atoms with Crippen molar-refractivity contribution in [2.24, 2.45) is 0 Å². The Labute approximate surface area is 145 Å². The highest BCUT2D eigenvalue weighted by atomic mass is 32.2. The Bertz CT molecular complexity index is 918.